The van der Waals surface area contributed by atoms with Gasteiger partial charge >= 0.3 is 5.97 Å². The van der Waals surface area contributed by atoms with Gasteiger partial charge in [0.05, 0.1) is 17.5 Å². The van der Waals surface area contributed by atoms with Gasteiger partial charge in [0.2, 0.25) is 0 Å². The molecule has 4 nitrogen and oxygen atoms in total. The van der Waals surface area contributed by atoms with E-state index in [0.717, 1.165) is 36.7 Å². The number of carbonyl (C=O) groups excluding carboxylic acids is 2. The van der Waals surface area contributed by atoms with Gasteiger partial charge < -0.3 is 9.15 Å². The SMILES string of the molecule is CC.CCCCOC(=O)C1C[C@@H]1C.Cc1cc2cc(C=O)cc(Cl)c2o1. The summed E-state index contributed by atoms with van der Waals surface area (Å²) in [7, 11) is 0. The Bertz CT molecular complexity index is 720. The number of aldehydes is 1. The largest absolute Gasteiger partial charge is 0.465 e. The number of furan rings is 1. The van der Waals surface area contributed by atoms with E-state index in [0.29, 0.717) is 28.7 Å². The van der Waals surface area contributed by atoms with E-state index in [1.165, 1.54) is 0 Å². The van der Waals surface area contributed by atoms with Crippen molar-refractivity contribution in [1.29, 1.82) is 0 Å². The van der Waals surface area contributed by atoms with Crippen LogP contribution in [0.4, 0.5) is 0 Å². The molecule has 1 heterocycles. The van der Waals surface area contributed by atoms with E-state index in [-0.39, 0.29) is 11.9 Å². The number of esters is 1. The van der Waals surface area contributed by atoms with Crippen molar-refractivity contribution in [3.8, 4) is 0 Å². The summed E-state index contributed by atoms with van der Waals surface area (Å²) in [6.45, 7) is 10.6. The van der Waals surface area contributed by atoms with Crippen molar-refractivity contribution in [2.45, 2.75) is 53.9 Å². The van der Waals surface area contributed by atoms with Crippen LogP contribution in [-0.4, -0.2) is 18.9 Å². The van der Waals surface area contributed by atoms with Gasteiger partial charge in [0.25, 0.3) is 0 Å². The Balaban J connectivity index is 0.000000241. The van der Waals surface area contributed by atoms with E-state index in [2.05, 4.69) is 13.8 Å². The number of ether oxygens (including phenoxy) is 1. The highest BCUT2D eigenvalue weighted by Crippen LogP contribution is 2.38. The number of carbonyl (C=O) groups is 2. The molecule has 2 atom stereocenters. The molecule has 26 heavy (non-hydrogen) atoms. The molecule has 144 valence electrons. The maximum atomic E-state index is 11.1. The van der Waals surface area contributed by atoms with Crippen LogP contribution in [0.1, 0.15) is 63.1 Å². The van der Waals surface area contributed by atoms with Crippen molar-refractivity contribution in [3.63, 3.8) is 0 Å². The molecule has 1 saturated carbocycles. The predicted octanol–water partition coefficient (Wildman–Crippen LogP) is 6.22. The first kappa shape index (κ1) is 22.2. The number of rotatable bonds is 5. The van der Waals surface area contributed by atoms with Crippen LogP contribution in [0.5, 0.6) is 0 Å². The Morgan fingerprint density at radius 3 is 2.54 bits per heavy atom. The number of benzene rings is 1. The highest BCUT2D eigenvalue weighted by Gasteiger charge is 2.40. The Morgan fingerprint density at radius 1 is 1.35 bits per heavy atom. The molecular formula is C21H29ClO4. The van der Waals surface area contributed by atoms with Crippen LogP contribution < -0.4 is 0 Å². The molecule has 1 aromatic carbocycles. The molecule has 0 bridgehead atoms. The quantitative estimate of drug-likeness (QED) is 0.351. The highest BCUT2D eigenvalue weighted by atomic mass is 35.5. The Hall–Kier alpha value is -1.81. The molecular weight excluding hydrogens is 352 g/mol. The molecule has 2 aromatic rings. The Labute approximate surface area is 160 Å². The smallest absolute Gasteiger partial charge is 0.309 e. The lowest BCUT2D eigenvalue weighted by Crippen LogP contribution is -2.08. The van der Waals surface area contributed by atoms with Crippen LogP contribution in [0.25, 0.3) is 11.0 Å². The minimum absolute atomic E-state index is 0.0194. The summed E-state index contributed by atoms with van der Waals surface area (Å²) in [6, 6.07) is 5.21. The molecule has 0 radical (unpaired) electrons. The van der Waals surface area contributed by atoms with E-state index in [1.807, 2.05) is 26.8 Å². The fourth-order valence-electron chi connectivity index (χ4n) is 2.40. The van der Waals surface area contributed by atoms with Gasteiger partial charge in [0.15, 0.2) is 5.58 Å². The van der Waals surface area contributed by atoms with Gasteiger partial charge in [-0.05, 0) is 43.9 Å². The number of fused-ring (bicyclic) bond motifs is 1. The maximum absolute atomic E-state index is 11.1. The molecule has 0 spiro atoms. The van der Waals surface area contributed by atoms with Crippen molar-refractivity contribution >= 4 is 34.8 Å². The van der Waals surface area contributed by atoms with Crippen LogP contribution in [0, 0.1) is 18.8 Å². The lowest BCUT2D eigenvalue weighted by atomic mass is 10.2. The monoisotopic (exact) mass is 380 g/mol. The second kappa shape index (κ2) is 11.0. The zero-order chi connectivity index (χ0) is 19.7. The Morgan fingerprint density at radius 2 is 2.00 bits per heavy atom. The predicted molar refractivity (Wildman–Crippen MR) is 106 cm³/mol. The summed E-state index contributed by atoms with van der Waals surface area (Å²) < 4.78 is 10.4. The van der Waals surface area contributed by atoms with Crippen molar-refractivity contribution in [2.75, 3.05) is 6.61 Å². The summed E-state index contributed by atoms with van der Waals surface area (Å²) in [5.74, 6) is 1.61. The minimum Gasteiger partial charge on any atom is -0.465 e. The van der Waals surface area contributed by atoms with Crippen molar-refractivity contribution in [2.24, 2.45) is 11.8 Å². The van der Waals surface area contributed by atoms with E-state index in [4.69, 9.17) is 20.8 Å². The van der Waals surface area contributed by atoms with Crippen LogP contribution in [0.15, 0.2) is 22.6 Å². The van der Waals surface area contributed by atoms with Gasteiger partial charge in [-0.1, -0.05) is 45.7 Å². The van der Waals surface area contributed by atoms with Crippen LogP contribution in [-0.2, 0) is 9.53 Å². The van der Waals surface area contributed by atoms with Gasteiger partial charge in [-0.2, -0.15) is 0 Å². The fraction of sp³-hybridized carbons (Fsp3) is 0.524. The first-order chi connectivity index (χ1) is 12.5. The van der Waals surface area contributed by atoms with Gasteiger partial charge in [-0.25, -0.2) is 0 Å². The standard InChI is InChI=1S/C10H7ClO2.C9H16O2.C2H6/c1-6-2-8-3-7(5-12)4-9(11)10(8)13-6;1-3-4-5-11-9(10)8-6-7(8)2;1-2/h2-5H,1H3;7-8H,3-6H2,1-2H3;1-2H3/t;7-,8?;/m.0./s1. The van der Waals surface area contributed by atoms with Gasteiger partial charge in [0.1, 0.15) is 12.0 Å². The first-order valence-corrected chi connectivity index (χ1v) is 9.65. The molecule has 1 aromatic heterocycles. The highest BCUT2D eigenvalue weighted by molar-refractivity contribution is 6.35. The average molecular weight is 381 g/mol. The molecule has 1 aliphatic carbocycles. The molecule has 0 aliphatic heterocycles. The van der Waals surface area contributed by atoms with Crippen LogP contribution in [0.2, 0.25) is 5.02 Å². The van der Waals surface area contributed by atoms with E-state index in [9.17, 15) is 9.59 Å². The molecule has 3 rings (SSSR count). The first-order valence-electron chi connectivity index (χ1n) is 9.27. The lowest BCUT2D eigenvalue weighted by molar-refractivity contribution is -0.145. The van der Waals surface area contributed by atoms with Crippen molar-refractivity contribution < 1.29 is 18.7 Å². The second-order valence-corrected chi connectivity index (χ2v) is 6.64. The van der Waals surface area contributed by atoms with Crippen LogP contribution in [0.3, 0.4) is 0 Å². The van der Waals surface area contributed by atoms with E-state index >= 15 is 0 Å². The molecule has 5 heteroatoms. The summed E-state index contributed by atoms with van der Waals surface area (Å²) >= 11 is 5.90. The number of aryl methyl sites for hydroxylation is 1. The number of hydrogen-bond donors (Lipinski definition) is 0. The third-order valence-corrected chi connectivity index (χ3v) is 4.29. The number of halogens is 1. The third-order valence-electron chi connectivity index (χ3n) is 4.01. The molecule has 0 N–H and O–H groups in total. The summed E-state index contributed by atoms with van der Waals surface area (Å²) in [4.78, 5) is 21.6. The lowest BCUT2D eigenvalue weighted by Gasteiger charge is -2.01. The fourth-order valence-corrected chi connectivity index (χ4v) is 2.68. The van der Waals surface area contributed by atoms with Crippen LogP contribution >= 0.6 is 11.6 Å². The zero-order valence-corrected chi connectivity index (χ0v) is 17.1. The van der Waals surface area contributed by atoms with Gasteiger partial charge in [0, 0.05) is 10.9 Å². The molecule has 1 aliphatic rings. The minimum atomic E-state index is 0.0194. The second-order valence-electron chi connectivity index (χ2n) is 6.24. The summed E-state index contributed by atoms with van der Waals surface area (Å²) in [6.07, 6.45) is 3.89. The maximum Gasteiger partial charge on any atom is 0.309 e. The van der Waals surface area contributed by atoms with Crippen molar-refractivity contribution in [3.05, 3.63) is 34.5 Å². The number of hydrogen-bond acceptors (Lipinski definition) is 4. The normalized spacial score (nSPS) is 17.5. The van der Waals surface area contributed by atoms with Gasteiger partial charge in [-0.3, -0.25) is 9.59 Å². The molecule has 0 saturated heterocycles. The van der Waals surface area contributed by atoms with E-state index < -0.39 is 0 Å². The molecule has 1 unspecified atom stereocenters. The topological polar surface area (TPSA) is 56.5 Å². The average Bonchev–Trinajstić information content (AvgIpc) is 3.24. The Kier molecular flexibility index (Phi) is 9.42. The third kappa shape index (κ3) is 6.49. The van der Waals surface area contributed by atoms with E-state index in [1.54, 1.807) is 12.1 Å². The van der Waals surface area contributed by atoms with Gasteiger partial charge in [-0.15, -0.1) is 0 Å². The molecule has 1 fully saturated rings. The van der Waals surface area contributed by atoms with Crippen molar-refractivity contribution in [1.82, 2.24) is 0 Å². The zero-order valence-electron chi connectivity index (χ0n) is 16.3. The molecule has 0 amide bonds. The number of unbranched alkanes of at least 4 members (excludes halogenated alkanes) is 1. The summed E-state index contributed by atoms with van der Waals surface area (Å²) in [5.41, 5.74) is 1.21. The summed E-state index contributed by atoms with van der Waals surface area (Å²) in [5, 5.41) is 1.35.